The van der Waals surface area contributed by atoms with E-state index < -0.39 is 0 Å². The van der Waals surface area contributed by atoms with E-state index >= 15 is 0 Å². The number of amides is 1. The van der Waals surface area contributed by atoms with Gasteiger partial charge < -0.3 is 10.1 Å². The molecule has 0 saturated carbocycles. The Kier molecular flexibility index (Phi) is 5.04. The Labute approximate surface area is 146 Å². The number of nitrogens with zero attached hydrogens (tertiary/aromatic N) is 2. The maximum Gasteiger partial charge on any atom is 0.276 e. The van der Waals surface area contributed by atoms with Crippen LogP contribution in [-0.4, -0.2) is 16.1 Å². The first kappa shape index (κ1) is 16.6. The van der Waals surface area contributed by atoms with Crippen LogP contribution >= 0.6 is 0 Å². The van der Waals surface area contributed by atoms with Gasteiger partial charge in [0.25, 0.3) is 5.91 Å². The van der Waals surface area contributed by atoms with Gasteiger partial charge >= 0.3 is 0 Å². The van der Waals surface area contributed by atoms with E-state index in [1.165, 1.54) is 0 Å². The molecule has 0 aliphatic rings. The van der Waals surface area contributed by atoms with Crippen molar-refractivity contribution in [3.8, 4) is 11.5 Å². The average molecular weight is 333 g/mol. The van der Waals surface area contributed by atoms with E-state index in [4.69, 9.17) is 4.74 Å². The Morgan fingerprint density at radius 3 is 2.32 bits per heavy atom. The number of rotatable bonds is 5. The third-order valence-electron chi connectivity index (χ3n) is 3.62. The van der Waals surface area contributed by atoms with Gasteiger partial charge in [0.1, 0.15) is 5.75 Å². The van der Waals surface area contributed by atoms with Crippen LogP contribution in [0, 0.1) is 0 Å². The maximum atomic E-state index is 12.4. The van der Waals surface area contributed by atoms with Crippen molar-refractivity contribution in [1.82, 2.24) is 10.2 Å². The quantitative estimate of drug-likeness (QED) is 0.738. The summed E-state index contributed by atoms with van der Waals surface area (Å²) in [4.78, 5) is 12.4. The fourth-order valence-corrected chi connectivity index (χ4v) is 2.23. The van der Waals surface area contributed by atoms with Crippen LogP contribution in [0.25, 0.3) is 0 Å². The third-order valence-corrected chi connectivity index (χ3v) is 3.62. The summed E-state index contributed by atoms with van der Waals surface area (Å²) in [6.45, 7) is 4.06. The SMILES string of the molecule is CC(C)c1ccc(C(=O)Nc2ccccc2Oc2ccccc2)nn1. The summed E-state index contributed by atoms with van der Waals surface area (Å²) in [5.74, 6) is 1.20. The zero-order valence-electron chi connectivity index (χ0n) is 14.1. The molecule has 0 fully saturated rings. The standard InChI is InChI=1S/C20H19N3O2/c1-14(2)16-12-13-18(23-22-16)20(24)21-17-10-6-7-11-19(17)25-15-8-4-3-5-9-15/h3-14H,1-2H3,(H,21,24). The second-order valence-corrected chi connectivity index (χ2v) is 5.86. The van der Waals surface area contributed by atoms with Gasteiger partial charge in [0.05, 0.1) is 11.4 Å². The molecule has 0 aliphatic carbocycles. The topological polar surface area (TPSA) is 64.1 Å². The van der Waals surface area contributed by atoms with Crippen LogP contribution in [0.15, 0.2) is 66.7 Å². The Morgan fingerprint density at radius 1 is 0.920 bits per heavy atom. The molecule has 0 aliphatic heterocycles. The lowest BCUT2D eigenvalue weighted by Crippen LogP contribution is -2.15. The number of carbonyl (C=O) groups is 1. The van der Waals surface area contributed by atoms with Gasteiger partial charge in [0.2, 0.25) is 0 Å². The number of ether oxygens (including phenoxy) is 1. The van der Waals surface area contributed by atoms with E-state index in [0.29, 0.717) is 17.2 Å². The molecule has 0 unspecified atom stereocenters. The normalized spacial score (nSPS) is 10.5. The highest BCUT2D eigenvalue weighted by Crippen LogP contribution is 2.29. The highest BCUT2D eigenvalue weighted by Gasteiger charge is 2.13. The van der Waals surface area contributed by atoms with Crippen molar-refractivity contribution in [2.75, 3.05) is 5.32 Å². The highest BCUT2D eigenvalue weighted by molar-refractivity contribution is 6.03. The molecule has 126 valence electrons. The summed E-state index contributed by atoms with van der Waals surface area (Å²) in [5.41, 5.74) is 1.69. The largest absolute Gasteiger partial charge is 0.455 e. The summed E-state index contributed by atoms with van der Waals surface area (Å²) in [6, 6.07) is 20.2. The Hall–Kier alpha value is -3.21. The van der Waals surface area contributed by atoms with Crippen molar-refractivity contribution >= 4 is 11.6 Å². The maximum absolute atomic E-state index is 12.4. The monoisotopic (exact) mass is 333 g/mol. The molecule has 1 aromatic heterocycles. The minimum absolute atomic E-state index is 0.263. The van der Waals surface area contributed by atoms with Crippen molar-refractivity contribution in [2.24, 2.45) is 0 Å². The first-order valence-electron chi connectivity index (χ1n) is 8.10. The summed E-state index contributed by atoms with van der Waals surface area (Å²) < 4.78 is 5.85. The van der Waals surface area contributed by atoms with Crippen molar-refractivity contribution in [3.05, 3.63) is 78.1 Å². The smallest absolute Gasteiger partial charge is 0.276 e. The van der Waals surface area contributed by atoms with Crippen molar-refractivity contribution in [1.29, 1.82) is 0 Å². The number of para-hydroxylation sites is 3. The molecule has 3 rings (SSSR count). The van der Waals surface area contributed by atoms with Crippen LogP contribution in [0.5, 0.6) is 11.5 Å². The van der Waals surface area contributed by atoms with Crippen molar-refractivity contribution < 1.29 is 9.53 Å². The first-order valence-corrected chi connectivity index (χ1v) is 8.10. The van der Waals surface area contributed by atoms with E-state index in [2.05, 4.69) is 15.5 Å². The molecule has 0 bridgehead atoms. The van der Waals surface area contributed by atoms with E-state index in [1.54, 1.807) is 18.2 Å². The van der Waals surface area contributed by atoms with Gasteiger partial charge in [-0.05, 0) is 42.3 Å². The van der Waals surface area contributed by atoms with Crippen LogP contribution < -0.4 is 10.1 Å². The number of nitrogens with one attached hydrogen (secondary N) is 1. The summed E-state index contributed by atoms with van der Waals surface area (Å²) in [6.07, 6.45) is 0. The first-order chi connectivity index (χ1) is 12.1. The number of carbonyl (C=O) groups excluding carboxylic acids is 1. The van der Waals surface area contributed by atoms with Crippen molar-refractivity contribution in [3.63, 3.8) is 0 Å². The molecule has 0 saturated heterocycles. The van der Waals surface area contributed by atoms with Gasteiger partial charge in [0.15, 0.2) is 11.4 Å². The second-order valence-electron chi connectivity index (χ2n) is 5.86. The molecule has 1 heterocycles. The lowest BCUT2D eigenvalue weighted by molar-refractivity contribution is 0.102. The number of hydrogen-bond donors (Lipinski definition) is 1. The highest BCUT2D eigenvalue weighted by atomic mass is 16.5. The van der Waals surface area contributed by atoms with Crippen LogP contribution in [-0.2, 0) is 0 Å². The molecule has 0 radical (unpaired) electrons. The van der Waals surface area contributed by atoms with E-state index in [0.717, 1.165) is 5.69 Å². The lowest BCUT2D eigenvalue weighted by Gasteiger charge is -2.12. The van der Waals surface area contributed by atoms with Gasteiger partial charge in [-0.25, -0.2) is 0 Å². The average Bonchev–Trinajstić information content (AvgIpc) is 2.64. The number of hydrogen-bond acceptors (Lipinski definition) is 4. The molecule has 1 amide bonds. The molecule has 2 aromatic carbocycles. The van der Waals surface area contributed by atoms with Gasteiger partial charge in [-0.2, -0.15) is 5.10 Å². The molecular weight excluding hydrogens is 314 g/mol. The Morgan fingerprint density at radius 2 is 1.64 bits per heavy atom. The third kappa shape index (κ3) is 4.20. The zero-order valence-corrected chi connectivity index (χ0v) is 14.1. The van der Waals surface area contributed by atoms with Gasteiger partial charge in [0, 0.05) is 0 Å². The van der Waals surface area contributed by atoms with Crippen LogP contribution in [0.3, 0.4) is 0 Å². The van der Waals surface area contributed by atoms with Crippen LogP contribution in [0.4, 0.5) is 5.69 Å². The molecule has 25 heavy (non-hydrogen) atoms. The molecule has 3 aromatic rings. The fourth-order valence-electron chi connectivity index (χ4n) is 2.23. The molecule has 0 spiro atoms. The van der Waals surface area contributed by atoms with Crippen LogP contribution in [0.1, 0.15) is 35.9 Å². The summed E-state index contributed by atoms with van der Waals surface area (Å²) in [5, 5.41) is 10.9. The van der Waals surface area contributed by atoms with E-state index in [-0.39, 0.29) is 17.5 Å². The number of anilines is 1. The Bertz CT molecular complexity index is 846. The summed E-state index contributed by atoms with van der Waals surface area (Å²) >= 11 is 0. The second kappa shape index (κ2) is 7.57. The molecule has 0 atom stereocenters. The van der Waals surface area contributed by atoms with Crippen molar-refractivity contribution in [2.45, 2.75) is 19.8 Å². The van der Waals surface area contributed by atoms with Crippen LogP contribution in [0.2, 0.25) is 0 Å². The van der Waals surface area contributed by atoms with E-state index in [1.807, 2.05) is 62.4 Å². The minimum Gasteiger partial charge on any atom is -0.455 e. The van der Waals surface area contributed by atoms with Gasteiger partial charge in [-0.15, -0.1) is 5.10 Å². The minimum atomic E-state index is -0.327. The van der Waals surface area contributed by atoms with Gasteiger partial charge in [-0.3, -0.25) is 4.79 Å². The predicted molar refractivity (Wildman–Crippen MR) is 97.0 cm³/mol. The molecule has 5 nitrogen and oxygen atoms in total. The molecule has 5 heteroatoms. The molecule has 1 N–H and O–H groups in total. The summed E-state index contributed by atoms with van der Waals surface area (Å²) in [7, 11) is 0. The number of benzene rings is 2. The lowest BCUT2D eigenvalue weighted by atomic mass is 10.1. The predicted octanol–water partition coefficient (Wildman–Crippen LogP) is 4.64. The molecular formula is C20H19N3O2. The number of aromatic nitrogens is 2. The fraction of sp³-hybridized carbons (Fsp3) is 0.150. The zero-order chi connectivity index (χ0) is 17.6. The Balaban J connectivity index is 1.77. The van der Waals surface area contributed by atoms with Gasteiger partial charge in [-0.1, -0.05) is 44.2 Å². The van der Waals surface area contributed by atoms with E-state index in [9.17, 15) is 4.79 Å².